The maximum Gasteiger partial charge on any atom is 0.196 e. The SMILES string of the molecule is CC(C)c1cc(-c2nnc(SCCc3cccnc3)n2-c2ccc3c(ccn3C)c2)c(O)cc1O. The molecule has 5 aromatic rings. The van der Waals surface area contributed by atoms with E-state index in [9.17, 15) is 10.2 Å². The Balaban J connectivity index is 1.60. The van der Waals surface area contributed by atoms with Gasteiger partial charge in [-0.15, -0.1) is 10.2 Å². The molecule has 0 radical (unpaired) electrons. The van der Waals surface area contributed by atoms with Crippen LogP contribution in [0.25, 0.3) is 28.0 Å². The van der Waals surface area contributed by atoms with Gasteiger partial charge in [0.25, 0.3) is 0 Å². The minimum Gasteiger partial charge on any atom is -0.508 e. The van der Waals surface area contributed by atoms with Crippen molar-refractivity contribution in [2.45, 2.75) is 31.3 Å². The first-order chi connectivity index (χ1) is 16.9. The van der Waals surface area contributed by atoms with Crippen LogP contribution in [0.1, 0.15) is 30.9 Å². The summed E-state index contributed by atoms with van der Waals surface area (Å²) < 4.78 is 4.06. The predicted octanol–water partition coefficient (Wildman–Crippen LogP) is 5.69. The lowest BCUT2D eigenvalue weighted by Crippen LogP contribution is -2.02. The van der Waals surface area contributed by atoms with Gasteiger partial charge in [-0.3, -0.25) is 9.55 Å². The van der Waals surface area contributed by atoms with Crippen molar-refractivity contribution in [2.24, 2.45) is 7.05 Å². The molecule has 0 amide bonds. The molecule has 35 heavy (non-hydrogen) atoms. The molecule has 0 aliphatic heterocycles. The highest BCUT2D eigenvalue weighted by Gasteiger charge is 2.21. The third-order valence-corrected chi connectivity index (χ3v) is 7.04. The van der Waals surface area contributed by atoms with Crippen LogP contribution in [-0.4, -0.2) is 40.3 Å². The molecular formula is C27H27N5O2S. The molecule has 2 N–H and O–H groups in total. The van der Waals surface area contributed by atoms with Crippen molar-refractivity contribution in [1.82, 2.24) is 24.3 Å². The van der Waals surface area contributed by atoms with Gasteiger partial charge in [-0.1, -0.05) is 31.7 Å². The summed E-state index contributed by atoms with van der Waals surface area (Å²) in [5.74, 6) is 1.46. The molecule has 0 fully saturated rings. The molecule has 0 atom stereocenters. The number of rotatable bonds is 7. The van der Waals surface area contributed by atoms with Crippen molar-refractivity contribution in [1.29, 1.82) is 0 Å². The number of hydrogen-bond acceptors (Lipinski definition) is 6. The van der Waals surface area contributed by atoms with Gasteiger partial charge in [0.05, 0.1) is 11.3 Å². The molecule has 3 aromatic heterocycles. The molecule has 7 nitrogen and oxygen atoms in total. The fraction of sp³-hybridized carbons (Fsp3) is 0.222. The molecule has 0 bridgehead atoms. The lowest BCUT2D eigenvalue weighted by molar-refractivity contribution is 0.444. The number of phenols is 2. The molecule has 0 spiro atoms. The van der Waals surface area contributed by atoms with Gasteiger partial charge in [-0.05, 0) is 59.9 Å². The zero-order valence-electron chi connectivity index (χ0n) is 19.9. The summed E-state index contributed by atoms with van der Waals surface area (Å²) >= 11 is 1.61. The molecule has 178 valence electrons. The number of benzene rings is 2. The van der Waals surface area contributed by atoms with Gasteiger partial charge in [0.1, 0.15) is 11.5 Å². The number of aryl methyl sites for hydroxylation is 2. The third kappa shape index (κ3) is 4.49. The number of hydrogen-bond donors (Lipinski definition) is 2. The van der Waals surface area contributed by atoms with Gasteiger partial charge in [0.15, 0.2) is 11.0 Å². The monoisotopic (exact) mass is 485 g/mol. The topological polar surface area (TPSA) is 89.0 Å². The van der Waals surface area contributed by atoms with Crippen molar-refractivity contribution >= 4 is 22.7 Å². The first kappa shape index (κ1) is 23.0. The summed E-state index contributed by atoms with van der Waals surface area (Å²) in [5, 5.41) is 32.0. The van der Waals surface area contributed by atoms with Gasteiger partial charge < -0.3 is 14.8 Å². The Bertz CT molecular complexity index is 1490. The first-order valence-corrected chi connectivity index (χ1v) is 12.5. The minimum atomic E-state index is -0.0340. The molecule has 0 aliphatic carbocycles. The number of aromatic nitrogens is 5. The van der Waals surface area contributed by atoms with Gasteiger partial charge in [0.2, 0.25) is 0 Å². The molecule has 2 aromatic carbocycles. The van der Waals surface area contributed by atoms with E-state index in [-0.39, 0.29) is 17.4 Å². The predicted molar refractivity (Wildman–Crippen MR) is 139 cm³/mol. The summed E-state index contributed by atoms with van der Waals surface area (Å²) in [6.45, 7) is 4.01. The average Bonchev–Trinajstić information content (AvgIpc) is 3.43. The largest absolute Gasteiger partial charge is 0.508 e. The summed E-state index contributed by atoms with van der Waals surface area (Å²) in [6, 6.07) is 15.5. The van der Waals surface area contributed by atoms with Crippen LogP contribution in [-0.2, 0) is 13.5 Å². The fourth-order valence-electron chi connectivity index (χ4n) is 4.22. The Morgan fingerprint density at radius 2 is 1.86 bits per heavy atom. The maximum atomic E-state index is 10.8. The highest BCUT2D eigenvalue weighted by Crippen LogP contribution is 2.39. The number of pyridine rings is 1. The van der Waals surface area contributed by atoms with Crippen LogP contribution in [0.4, 0.5) is 0 Å². The Hall–Kier alpha value is -3.78. The number of phenolic OH excluding ortho intramolecular Hbond substituents is 2. The van der Waals surface area contributed by atoms with Crippen LogP contribution < -0.4 is 0 Å². The highest BCUT2D eigenvalue weighted by molar-refractivity contribution is 7.99. The van der Waals surface area contributed by atoms with Crippen molar-refractivity contribution in [3.8, 4) is 28.6 Å². The van der Waals surface area contributed by atoms with Crippen molar-refractivity contribution in [3.63, 3.8) is 0 Å². The first-order valence-electron chi connectivity index (χ1n) is 11.5. The van der Waals surface area contributed by atoms with Crippen molar-refractivity contribution in [2.75, 3.05) is 5.75 Å². The van der Waals surface area contributed by atoms with E-state index in [0.29, 0.717) is 11.4 Å². The van der Waals surface area contributed by atoms with E-state index in [1.165, 1.54) is 6.07 Å². The lowest BCUT2D eigenvalue weighted by Gasteiger charge is -2.15. The zero-order valence-corrected chi connectivity index (χ0v) is 20.7. The van der Waals surface area contributed by atoms with Crippen molar-refractivity contribution in [3.05, 3.63) is 78.2 Å². The Kier molecular flexibility index (Phi) is 6.21. The lowest BCUT2D eigenvalue weighted by atomic mass is 9.98. The Morgan fingerprint density at radius 3 is 2.63 bits per heavy atom. The van der Waals surface area contributed by atoms with Crippen LogP contribution in [0.3, 0.4) is 0 Å². The van der Waals surface area contributed by atoms with Crippen LogP contribution in [0.15, 0.2) is 72.3 Å². The van der Waals surface area contributed by atoms with Gasteiger partial charge in [-0.25, -0.2) is 0 Å². The van der Waals surface area contributed by atoms with E-state index in [2.05, 4.69) is 44.0 Å². The second kappa shape index (κ2) is 9.46. The smallest absolute Gasteiger partial charge is 0.196 e. The van der Waals surface area contributed by atoms with Crippen LogP contribution in [0.2, 0.25) is 0 Å². The number of thioether (sulfide) groups is 1. The molecule has 0 unspecified atom stereocenters. The standard InChI is InChI=1S/C27H27N5O2S/c1-17(2)21-14-22(25(34)15-24(21)33)26-29-30-27(35-12-9-18-5-4-10-28-16-18)32(26)20-6-7-23-19(13-20)8-11-31(23)3/h4-8,10-11,13-17,33-34H,9,12H2,1-3H3. The number of aromatic hydroxyl groups is 2. The summed E-state index contributed by atoms with van der Waals surface area (Å²) in [7, 11) is 2.02. The molecular weight excluding hydrogens is 458 g/mol. The molecule has 8 heteroatoms. The summed E-state index contributed by atoms with van der Waals surface area (Å²) in [6.07, 6.45) is 6.53. The maximum absolute atomic E-state index is 10.8. The highest BCUT2D eigenvalue weighted by atomic mass is 32.2. The van der Waals surface area contributed by atoms with Crippen LogP contribution in [0, 0.1) is 0 Å². The molecule has 5 rings (SSSR count). The second-order valence-electron chi connectivity index (χ2n) is 8.85. The van der Waals surface area contributed by atoms with Crippen molar-refractivity contribution < 1.29 is 10.2 Å². The van der Waals surface area contributed by atoms with E-state index < -0.39 is 0 Å². The molecule has 0 saturated carbocycles. The quantitative estimate of drug-likeness (QED) is 0.288. The van der Waals surface area contributed by atoms with Gasteiger partial charge in [0, 0.05) is 48.4 Å². The second-order valence-corrected chi connectivity index (χ2v) is 9.92. The molecule has 0 aliphatic rings. The van der Waals surface area contributed by atoms with Gasteiger partial charge in [-0.2, -0.15) is 0 Å². The Morgan fingerprint density at radius 1 is 1.00 bits per heavy atom. The Labute approximate surface area is 208 Å². The third-order valence-electron chi connectivity index (χ3n) is 6.11. The van der Waals surface area contributed by atoms with Crippen LogP contribution >= 0.6 is 11.8 Å². The number of nitrogens with zero attached hydrogens (tertiary/aromatic N) is 5. The summed E-state index contributed by atoms with van der Waals surface area (Å²) in [4.78, 5) is 4.20. The van der Waals surface area contributed by atoms with E-state index in [1.807, 2.05) is 50.0 Å². The van der Waals surface area contributed by atoms with E-state index in [4.69, 9.17) is 0 Å². The molecule has 0 saturated heterocycles. The van der Waals surface area contributed by atoms with E-state index >= 15 is 0 Å². The van der Waals surface area contributed by atoms with E-state index in [0.717, 1.165) is 45.0 Å². The number of fused-ring (bicyclic) bond motifs is 1. The normalized spacial score (nSPS) is 11.5. The zero-order chi connectivity index (χ0) is 24.5. The average molecular weight is 486 g/mol. The van der Waals surface area contributed by atoms with Crippen LogP contribution in [0.5, 0.6) is 11.5 Å². The summed E-state index contributed by atoms with van der Waals surface area (Å²) in [5.41, 5.74) is 4.48. The minimum absolute atomic E-state index is 0.0340. The molecule has 3 heterocycles. The fourth-order valence-corrected chi connectivity index (χ4v) is 5.16. The van der Waals surface area contributed by atoms with Gasteiger partial charge >= 0.3 is 0 Å². The van der Waals surface area contributed by atoms with E-state index in [1.54, 1.807) is 24.0 Å².